The first-order valence-electron chi connectivity index (χ1n) is 11.9. The molecule has 0 saturated heterocycles. The molecule has 3 aromatic carbocycles. The third-order valence-electron chi connectivity index (χ3n) is 5.97. The van der Waals surface area contributed by atoms with E-state index in [1.54, 1.807) is 18.2 Å². The number of esters is 1. The highest BCUT2D eigenvalue weighted by molar-refractivity contribution is 7.99. The first kappa shape index (κ1) is 26.2. The third-order valence-corrected chi connectivity index (χ3v) is 6.98. The van der Waals surface area contributed by atoms with E-state index < -0.39 is 17.2 Å². The van der Waals surface area contributed by atoms with Crippen molar-refractivity contribution >= 4 is 28.5 Å². The number of thioether (sulfide) groups is 1. The molecule has 1 unspecified atom stereocenters. The Kier molecular flexibility index (Phi) is 9.54. The Morgan fingerprint density at radius 2 is 1.68 bits per heavy atom. The minimum Gasteiger partial charge on any atom is -0.465 e. The molecule has 182 valence electrons. The summed E-state index contributed by atoms with van der Waals surface area (Å²) < 4.78 is 4.72. The zero-order valence-corrected chi connectivity index (χ0v) is 20.7. The second-order valence-corrected chi connectivity index (χ2v) is 9.87. The van der Waals surface area contributed by atoms with E-state index in [0.29, 0.717) is 4.90 Å². The highest BCUT2D eigenvalue weighted by Crippen LogP contribution is 2.38. The maximum absolute atomic E-state index is 11.8. The summed E-state index contributed by atoms with van der Waals surface area (Å²) in [4.78, 5) is 12.5. The van der Waals surface area contributed by atoms with E-state index in [1.807, 2.05) is 36.4 Å². The number of ether oxygens (including phenoxy) is 1. The van der Waals surface area contributed by atoms with Gasteiger partial charge in [-0.1, -0.05) is 87.5 Å². The molecule has 3 rings (SSSR count). The Balaban J connectivity index is 1.71. The van der Waals surface area contributed by atoms with E-state index in [0.717, 1.165) is 47.4 Å². The smallest absolute Gasteiger partial charge is 0.337 e. The van der Waals surface area contributed by atoms with Crippen LogP contribution in [0.25, 0.3) is 10.8 Å². The van der Waals surface area contributed by atoms with Gasteiger partial charge in [-0.05, 0) is 53.1 Å². The van der Waals surface area contributed by atoms with E-state index in [4.69, 9.17) is 4.74 Å². The fourth-order valence-electron chi connectivity index (χ4n) is 3.99. The fraction of sp³-hybridized carbons (Fsp3) is 0.393. The van der Waals surface area contributed by atoms with Crippen LogP contribution in [0.2, 0.25) is 0 Å². The van der Waals surface area contributed by atoms with Gasteiger partial charge in [0.1, 0.15) is 0 Å². The maximum Gasteiger partial charge on any atom is 0.337 e. The lowest BCUT2D eigenvalue weighted by molar-refractivity contribution is -0.0817. The van der Waals surface area contributed by atoms with Gasteiger partial charge >= 0.3 is 5.97 Å². The zero-order valence-electron chi connectivity index (χ0n) is 19.9. The lowest BCUT2D eigenvalue weighted by atomic mass is 9.99. The number of hydrogen-bond donors (Lipinski definition) is 3. The van der Waals surface area contributed by atoms with E-state index >= 15 is 0 Å². The molecular weight excluding hydrogens is 448 g/mol. The van der Waals surface area contributed by atoms with Gasteiger partial charge in [0.15, 0.2) is 0 Å². The van der Waals surface area contributed by atoms with Crippen molar-refractivity contribution in [3.8, 4) is 0 Å². The number of unbranched alkanes of at least 4 members (excludes halogenated alkanes) is 5. The van der Waals surface area contributed by atoms with Gasteiger partial charge in [0.2, 0.25) is 5.12 Å². The molecule has 0 aliphatic carbocycles. The van der Waals surface area contributed by atoms with Crippen LogP contribution in [0.3, 0.4) is 0 Å². The molecule has 0 saturated carbocycles. The second kappa shape index (κ2) is 12.4. The van der Waals surface area contributed by atoms with Crippen molar-refractivity contribution in [3.63, 3.8) is 0 Å². The Labute approximate surface area is 205 Å². The average molecular weight is 483 g/mol. The summed E-state index contributed by atoms with van der Waals surface area (Å²) in [6, 6.07) is 17.6. The van der Waals surface area contributed by atoms with Gasteiger partial charge in [0, 0.05) is 10.5 Å². The summed E-state index contributed by atoms with van der Waals surface area (Å²) in [6.45, 7) is 2.21. The first-order chi connectivity index (χ1) is 16.3. The van der Waals surface area contributed by atoms with Crippen molar-refractivity contribution in [2.45, 2.75) is 68.0 Å². The lowest BCUT2D eigenvalue weighted by Gasteiger charge is -2.22. The maximum atomic E-state index is 11.8. The van der Waals surface area contributed by atoms with Gasteiger partial charge in [-0.15, -0.1) is 0 Å². The molecule has 0 heterocycles. The van der Waals surface area contributed by atoms with Gasteiger partial charge in [-0.25, -0.2) is 4.79 Å². The molecule has 34 heavy (non-hydrogen) atoms. The van der Waals surface area contributed by atoms with Gasteiger partial charge in [-0.3, -0.25) is 0 Å². The number of aliphatic hydroxyl groups excluding tert-OH is 1. The van der Waals surface area contributed by atoms with E-state index in [2.05, 4.69) is 6.92 Å². The van der Waals surface area contributed by atoms with Gasteiger partial charge in [0.05, 0.1) is 18.8 Å². The van der Waals surface area contributed by atoms with E-state index in [-0.39, 0.29) is 11.1 Å². The van der Waals surface area contributed by atoms with Crippen molar-refractivity contribution in [2.24, 2.45) is 0 Å². The number of carbonyl (C=O) groups is 1. The van der Waals surface area contributed by atoms with Gasteiger partial charge in [-0.2, -0.15) is 0 Å². The molecule has 0 amide bonds. The lowest BCUT2D eigenvalue weighted by Crippen LogP contribution is -2.20. The standard InChI is InChI=1S/C28H34O5S/c1-3-4-5-6-7-8-12-26(29)21-14-13-20-15-16-25(19-23(20)17-21)34-28(31,32)24-11-9-10-22(18-24)27(30)33-2/h9-11,13-19,26,29,31-32H,3-8,12H2,1-2H3. The van der Waals surface area contributed by atoms with Crippen LogP contribution in [0, 0.1) is 0 Å². The molecule has 3 N–H and O–H groups in total. The largest absolute Gasteiger partial charge is 0.465 e. The van der Waals surface area contributed by atoms with Crippen LogP contribution in [0.5, 0.6) is 0 Å². The predicted molar refractivity (Wildman–Crippen MR) is 137 cm³/mol. The SMILES string of the molecule is CCCCCCCCC(O)c1ccc2ccc(SC(O)(O)c3cccc(C(=O)OC)c3)cc2c1. The number of methoxy groups -OCH3 is 1. The summed E-state index contributed by atoms with van der Waals surface area (Å²) in [5.74, 6) is -0.541. The molecule has 0 aliphatic rings. The Bertz CT molecular complexity index is 1100. The summed E-state index contributed by atoms with van der Waals surface area (Å²) in [7, 11) is 1.28. The van der Waals surface area contributed by atoms with Crippen molar-refractivity contribution in [2.75, 3.05) is 7.11 Å². The number of rotatable bonds is 12. The fourth-order valence-corrected chi connectivity index (χ4v) is 4.88. The van der Waals surface area contributed by atoms with Crippen LogP contribution in [0.4, 0.5) is 0 Å². The number of carbonyl (C=O) groups excluding carboxylic acids is 1. The van der Waals surface area contributed by atoms with Crippen LogP contribution >= 0.6 is 11.8 Å². The number of aliphatic hydroxyl groups is 3. The van der Waals surface area contributed by atoms with Crippen LogP contribution in [0.1, 0.15) is 79.5 Å². The number of fused-ring (bicyclic) bond motifs is 1. The van der Waals surface area contributed by atoms with Crippen LogP contribution in [-0.2, 0) is 9.86 Å². The quantitative estimate of drug-likeness (QED) is 0.122. The number of hydrogen-bond acceptors (Lipinski definition) is 6. The Hall–Kier alpha value is -2.38. The molecular formula is C28H34O5S. The van der Waals surface area contributed by atoms with E-state index in [1.165, 1.54) is 38.9 Å². The monoisotopic (exact) mass is 482 g/mol. The molecule has 6 heteroatoms. The second-order valence-electron chi connectivity index (χ2n) is 8.62. The number of benzene rings is 3. The summed E-state index contributed by atoms with van der Waals surface area (Å²) in [5, 5.41) is 31.8. The van der Waals surface area contributed by atoms with Crippen molar-refractivity contribution in [1.29, 1.82) is 0 Å². The van der Waals surface area contributed by atoms with Crippen molar-refractivity contribution in [1.82, 2.24) is 0 Å². The molecule has 3 aromatic rings. The minimum atomic E-state index is -2.23. The van der Waals surface area contributed by atoms with Crippen LogP contribution in [0.15, 0.2) is 65.6 Å². The topological polar surface area (TPSA) is 87.0 Å². The molecule has 0 aliphatic heterocycles. The molecule has 0 aromatic heterocycles. The summed E-state index contributed by atoms with van der Waals surface area (Å²) in [5.41, 5.74) is 1.30. The first-order valence-corrected chi connectivity index (χ1v) is 12.7. The third kappa shape index (κ3) is 7.06. The normalized spacial score (nSPS) is 12.6. The van der Waals surface area contributed by atoms with Crippen LogP contribution < -0.4 is 0 Å². The molecule has 0 fully saturated rings. The Morgan fingerprint density at radius 3 is 2.44 bits per heavy atom. The molecule has 0 radical (unpaired) electrons. The molecule has 1 atom stereocenters. The molecule has 0 bridgehead atoms. The van der Waals surface area contributed by atoms with Gasteiger partial charge < -0.3 is 20.1 Å². The molecule has 5 nitrogen and oxygen atoms in total. The van der Waals surface area contributed by atoms with Crippen molar-refractivity contribution < 1.29 is 24.9 Å². The highest BCUT2D eigenvalue weighted by atomic mass is 32.2. The minimum absolute atomic E-state index is 0.184. The highest BCUT2D eigenvalue weighted by Gasteiger charge is 2.28. The van der Waals surface area contributed by atoms with Gasteiger partial charge in [0.25, 0.3) is 0 Å². The van der Waals surface area contributed by atoms with Crippen molar-refractivity contribution in [3.05, 3.63) is 77.4 Å². The van der Waals surface area contributed by atoms with Crippen LogP contribution in [-0.4, -0.2) is 28.4 Å². The average Bonchev–Trinajstić information content (AvgIpc) is 2.84. The Morgan fingerprint density at radius 1 is 0.941 bits per heavy atom. The molecule has 0 spiro atoms. The predicted octanol–water partition coefficient (Wildman–Crippen LogP) is 6.30. The van der Waals surface area contributed by atoms with E-state index in [9.17, 15) is 20.1 Å². The summed E-state index contributed by atoms with van der Waals surface area (Å²) >= 11 is 0.876. The zero-order chi connectivity index (χ0) is 24.6. The summed E-state index contributed by atoms with van der Waals surface area (Å²) in [6.07, 6.45) is 7.33.